The molecule has 0 spiro atoms. The van der Waals surface area contributed by atoms with Gasteiger partial charge in [-0.15, -0.1) is 0 Å². The summed E-state index contributed by atoms with van der Waals surface area (Å²) in [6.45, 7) is 11.0. The van der Waals surface area contributed by atoms with E-state index >= 15 is 0 Å². The molecule has 1 aromatic heterocycles. The van der Waals surface area contributed by atoms with Crippen molar-refractivity contribution in [1.29, 1.82) is 0 Å². The van der Waals surface area contributed by atoms with Crippen LogP contribution >= 0.6 is 0 Å². The molecule has 1 aliphatic heterocycles. The van der Waals surface area contributed by atoms with Crippen LogP contribution < -0.4 is 0 Å². The molecule has 0 N–H and O–H groups in total. The van der Waals surface area contributed by atoms with E-state index in [4.69, 9.17) is 4.52 Å². The van der Waals surface area contributed by atoms with Crippen molar-refractivity contribution in [3.63, 3.8) is 0 Å². The molecular formula is C17H29N5O3. The number of aromatic nitrogens is 2. The molecule has 25 heavy (non-hydrogen) atoms. The quantitative estimate of drug-likeness (QED) is 0.693. The number of hydrogen-bond donors (Lipinski definition) is 0. The summed E-state index contributed by atoms with van der Waals surface area (Å²) >= 11 is 0. The molecule has 1 saturated heterocycles. The Morgan fingerprint density at radius 2 is 1.80 bits per heavy atom. The number of carbonyl (C=O) groups is 2. The predicted molar refractivity (Wildman–Crippen MR) is 92.7 cm³/mol. The van der Waals surface area contributed by atoms with Crippen LogP contribution in [0.4, 0.5) is 0 Å². The summed E-state index contributed by atoms with van der Waals surface area (Å²) < 4.78 is 5.26. The van der Waals surface area contributed by atoms with Crippen molar-refractivity contribution >= 4 is 11.8 Å². The molecule has 0 saturated carbocycles. The average molecular weight is 351 g/mol. The Balaban J connectivity index is 1.76. The molecule has 8 heteroatoms. The Bertz CT molecular complexity index is 562. The fraction of sp³-hybridized carbons (Fsp3) is 0.765. The Hall–Kier alpha value is -1.96. The van der Waals surface area contributed by atoms with Crippen molar-refractivity contribution in [3.8, 4) is 0 Å². The van der Waals surface area contributed by atoms with Gasteiger partial charge in [0, 0.05) is 58.5 Å². The van der Waals surface area contributed by atoms with Gasteiger partial charge >= 0.3 is 0 Å². The van der Waals surface area contributed by atoms with Gasteiger partial charge in [-0.2, -0.15) is 4.98 Å². The van der Waals surface area contributed by atoms with Gasteiger partial charge in [0.15, 0.2) is 5.82 Å². The van der Waals surface area contributed by atoms with E-state index in [1.807, 2.05) is 25.7 Å². The van der Waals surface area contributed by atoms with Crippen molar-refractivity contribution in [2.75, 3.05) is 39.3 Å². The largest absolute Gasteiger partial charge is 0.343 e. The van der Waals surface area contributed by atoms with Crippen LogP contribution in [0.1, 0.15) is 45.3 Å². The van der Waals surface area contributed by atoms with E-state index in [1.165, 1.54) is 0 Å². The lowest BCUT2D eigenvalue weighted by Gasteiger charge is -2.33. The number of piperazine rings is 1. The summed E-state index contributed by atoms with van der Waals surface area (Å²) in [6, 6.07) is 0. The van der Waals surface area contributed by atoms with Crippen LogP contribution in [0.5, 0.6) is 0 Å². The van der Waals surface area contributed by atoms with Crippen LogP contribution in [-0.4, -0.2) is 75.9 Å². The zero-order valence-corrected chi connectivity index (χ0v) is 15.5. The van der Waals surface area contributed by atoms with Crippen molar-refractivity contribution in [3.05, 3.63) is 11.7 Å². The van der Waals surface area contributed by atoms with Gasteiger partial charge in [0.2, 0.25) is 17.7 Å². The minimum atomic E-state index is 0.112. The lowest BCUT2D eigenvalue weighted by molar-refractivity contribution is -0.132. The van der Waals surface area contributed by atoms with Crippen molar-refractivity contribution < 1.29 is 14.1 Å². The summed E-state index contributed by atoms with van der Waals surface area (Å²) in [7, 11) is 0. The predicted octanol–water partition coefficient (Wildman–Crippen LogP) is 0.925. The molecule has 2 amide bonds. The Labute approximate surface area is 149 Å². The van der Waals surface area contributed by atoms with Gasteiger partial charge in [-0.05, 0) is 13.8 Å². The van der Waals surface area contributed by atoms with Gasteiger partial charge in [0.1, 0.15) is 0 Å². The van der Waals surface area contributed by atoms with E-state index in [2.05, 4.69) is 15.0 Å². The standard InChI is InChI=1S/C17H29N5O3/c1-4-16(23)22-11-9-20(10-12-22)13-14-18-15(25-19-14)7-8-17(24)21(5-2)6-3/h4-13H2,1-3H3. The number of hydrogen-bond acceptors (Lipinski definition) is 6. The third-order valence-corrected chi connectivity index (χ3v) is 4.57. The fourth-order valence-electron chi connectivity index (χ4n) is 2.98. The Morgan fingerprint density at radius 3 is 2.40 bits per heavy atom. The van der Waals surface area contributed by atoms with Gasteiger partial charge < -0.3 is 14.3 Å². The fourth-order valence-corrected chi connectivity index (χ4v) is 2.98. The molecule has 2 heterocycles. The number of nitrogens with zero attached hydrogens (tertiary/aromatic N) is 5. The van der Waals surface area contributed by atoms with E-state index in [-0.39, 0.29) is 11.8 Å². The van der Waals surface area contributed by atoms with E-state index in [0.29, 0.717) is 37.5 Å². The zero-order valence-electron chi connectivity index (χ0n) is 15.5. The first-order valence-corrected chi connectivity index (χ1v) is 9.16. The third kappa shape index (κ3) is 5.52. The highest BCUT2D eigenvalue weighted by Gasteiger charge is 2.21. The maximum absolute atomic E-state index is 12.0. The molecule has 1 aliphatic rings. The van der Waals surface area contributed by atoms with Gasteiger partial charge in [0.05, 0.1) is 6.54 Å². The molecule has 8 nitrogen and oxygen atoms in total. The first-order chi connectivity index (χ1) is 12.1. The number of rotatable bonds is 8. The third-order valence-electron chi connectivity index (χ3n) is 4.57. The molecule has 1 aromatic rings. The number of carbonyl (C=O) groups excluding carboxylic acids is 2. The number of amides is 2. The van der Waals surface area contributed by atoms with Gasteiger partial charge in [0.25, 0.3) is 0 Å². The Morgan fingerprint density at radius 1 is 1.12 bits per heavy atom. The lowest BCUT2D eigenvalue weighted by atomic mass is 10.2. The topological polar surface area (TPSA) is 82.8 Å². The zero-order chi connectivity index (χ0) is 18.2. The molecule has 0 unspecified atom stereocenters. The monoisotopic (exact) mass is 351 g/mol. The summed E-state index contributed by atoms with van der Waals surface area (Å²) in [4.78, 5) is 34.0. The second-order valence-electron chi connectivity index (χ2n) is 6.18. The molecule has 0 aliphatic carbocycles. The molecule has 0 atom stereocenters. The van der Waals surface area contributed by atoms with Gasteiger partial charge in [-0.3, -0.25) is 14.5 Å². The molecule has 0 radical (unpaired) electrons. The van der Waals surface area contributed by atoms with Crippen LogP contribution in [0, 0.1) is 0 Å². The summed E-state index contributed by atoms with van der Waals surface area (Å²) in [5.41, 5.74) is 0. The van der Waals surface area contributed by atoms with E-state index in [0.717, 1.165) is 39.3 Å². The minimum Gasteiger partial charge on any atom is -0.343 e. The molecule has 0 aromatic carbocycles. The SMILES string of the molecule is CCC(=O)N1CCN(Cc2noc(CCC(=O)N(CC)CC)n2)CC1. The molecule has 1 fully saturated rings. The van der Waals surface area contributed by atoms with Crippen molar-refractivity contribution in [2.45, 2.75) is 46.6 Å². The van der Waals surface area contributed by atoms with E-state index < -0.39 is 0 Å². The van der Waals surface area contributed by atoms with Crippen LogP contribution in [0.2, 0.25) is 0 Å². The highest BCUT2D eigenvalue weighted by atomic mass is 16.5. The number of aryl methyl sites for hydroxylation is 1. The Kier molecular flexibility index (Phi) is 7.36. The van der Waals surface area contributed by atoms with Crippen LogP contribution in [0.3, 0.4) is 0 Å². The summed E-state index contributed by atoms with van der Waals surface area (Å²) in [5, 5.41) is 4.01. The molecular weight excluding hydrogens is 322 g/mol. The lowest BCUT2D eigenvalue weighted by Crippen LogP contribution is -2.48. The molecule has 140 valence electrons. The van der Waals surface area contributed by atoms with Crippen LogP contribution in [0.15, 0.2) is 4.52 Å². The maximum atomic E-state index is 12.0. The second-order valence-corrected chi connectivity index (χ2v) is 6.18. The normalized spacial score (nSPS) is 15.4. The maximum Gasteiger partial charge on any atom is 0.227 e. The van der Waals surface area contributed by atoms with Crippen molar-refractivity contribution in [1.82, 2.24) is 24.8 Å². The van der Waals surface area contributed by atoms with Gasteiger partial charge in [-0.1, -0.05) is 12.1 Å². The summed E-state index contributed by atoms with van der Waals surface area (Å²) in [5.74, 6) is 1.47. The van der Waals surface area contributed by atoms with Gasteiger partial charge in [-0.25, -0.2) is 0 Å². The highest BCUT2D eigenvalue weighted by Crippen LogP contribution is 2.09. The smallest absolute Gasteiger partial charge is 0.227 e. The van der Waals surface area contributed by atoms with Crippen molar-refractivity contribution in [2.24, 2.45) is 0 Å². The van der Waals surface area contributed by atoms with E-state index in [9.17, 15) is 9.59 Å². The molecule has 2 rings (SSSR count). The average Bonchev–Trinajstić information content (AvgIpc) is 3.08. The minimum absolute atomic E-state index is 0.112. The first-order valence-electron chi connectivity index (χ1n) is 9.16. The van der Waals surface area contributed by atoms with E-state index in [1.54, 1.807) is 4.90 Å². The second kappa shape index (κ2) is 9.50. The molecule has 0 bridgehead atoms. The van der Waals surface area contributed by atoms with Crippen LogP contribution in [0.25, 0.3) is 0 Å². The highest BCUT2D eigenvalue weighted by molar-refractivity contribution is 5.76. The van der Waals surface area contributed by atoms with Crippen LogP contribution in [-0.2, 0) is 22.6 Å². The first kappa shape index (κ1) is 19.4. The summed E-state index contributed by atoms with van der Waals surface area (Å²) in [6.07, 6.45) is 1.42.